The van der Waals surface area contributed by atoms with Crippen LogP contribution in [0.1, 0.15) is 45.0 Å². The molecule has 0 saturated heterocycles. The van der Waals surface area contributed by atoms with Crippen molar-refractivity contribution >= 4 is 62.8 Å². The zero-order valence-corrected chi connectivity index (χ0v) is 37.2. The molecule has 16 nitrogen and oxygen atoms in total. The molecule has 0 atom stereocenters. The van der Waals surface area contributed by atoms with Gasteiger partial charge in [0, 0.05) is 83.2 Å². The molecule has 21 heteroatoms. The van der Waals surface area contributed by atoms with Crippen molar-refractivity contribution in [3.05, 3.63) is 212 Å². The van der Waals surface area contributed by atoms with E-state index in [1.165, 1.54) is 97.1 Å². The van der Waals surface area contributed by atoms with Gasteiger partial charge in [0.05, 0.1) is 19.6 Å². The molecule has 1 radical (unpaired) electrons. The first kappa shape index (κ1) is 45.2. The number of aromatic amines is 4. The van der Waals surface area contributed by atoms with Crippen LogP contribution < -0.4 is 21.4 Å². The summed E-state index contributed by atoms with van der Waals surface area (Å²) in [6.45, 7) is 0. The summed E-state index contributed by atoms with van der Waals surface area (Å²) >= 11 is 0. The molecule has 9 rings (SSSR count). The van der Waals surface area contributed by atoms with Gasteiger partial charge in [-0.05, 0) is 119 Å². The molecule has 8 aromatic rings. The summed E-state index contributed by atoms with van der Waals surface area (Å²) in [5.74, 6) is 0. The minimum atomic E-state index is -4.53. The van der Waals surface area contributed by atoms with E-state index in [1.54, 1.807) is 48.5 Å². The molecule has 0 spiro atoms. The van der Waals surface area contributed by atoms with E-state index in [-0.39, 0.29) is 36.4 Å². The molecule has 65 heavy (non-hydrogen) atoms. The van der Waals surface area contributed by atoms with Crippen molar-refractivity contribution < 1.29 is 68.7 Å². The summed E-state index contributed by atoms with van der Waals surface area (Å²) in [4.78, 5) is 12.6. The van der Waals surface area contributed by atoms with Crippen molar-refractivity contribution in [2.75, 3.05) is 0 Å². The van der Waals surface area contributed by atoms with E-state index in [4.69, 9.17) is 0 Å². The Morgan fingerprint density at radius 2 is 0.446 bits per heavy atom. The summed E-state index contributed by atoms with van der Waals surface area (Å²) in [7, 11) is -18.1. The average Bonchev–Trinajstić information content (AvgIpc) is 4.08. The Balaban J connectivity index is 0.00000576. The van der Waals surface area contributed by atoms with Crippen molar-refractivity contribution in [2.45, 2.75) is 19.6 Å². The fourth-order valence-corrected chi connectivity index (χ4v) is 9.67. The average molecular weight is 996 g/mol. The number of H-pyrrole nitrogens is 4. The van der Waals surface area contributed by atoms with Gasteiger partial charge in [0.2, 0.25) is 0 Å². The minimum absolute atomic E-state index is 0. The standard InChI is InChI=1S/C44H32N4O12S4.Co/c49-61(50,51)29-9-1-25(2-10-29)41-33-17-19-35(45-33)42(26-3-11-30(12-4-26)62(52,53)54)37-21-23-39(47-37)44(28-7-15-32(16-8-28)64(58,59)60)40-24-22-38(48-40)43(36-20-18-34(41)46-36)27-5-13-31(14-6-27)63(55,56)57;/h1-24,45-48H,(H,49,50,51)(H,52,53,54)(H,55,56,57)(H,58,59,60);. The Kier molecular flexibility index (Phi) is 11.5. The molecular weight excluding hydrogens is 964 g/mol. The van der Waals surface area contributed by atoms with Gasteiger partial charge in [0.1, 0.15) is 0 Å². The third-order valence-corrected chi connectivity index (χ3v) is 14.1. The van der Waals surface area contributed by atoms with Crippen LogP contribution in [0, 0.1) is 0 Å². The summed E-state index contributed by atoms with van der Waals surface area (Å²) < 4.78 is 135. The van der Waals surface area contributed by atoms with Crippen LogP contribution in [0.2, 0.25) is 0 Å². The van der Waals surface area contributed by atoms with E-state index < -0.39 is 40.5 Å². The van der Waals surface area contributed by atoms with Gasteiger partial charge in [-0.15, -0.1) is 0 Å². The Bertz CT molecular complexity index is 3410. The first-order valence-corrected chi connectivity index (χ1v) is 24.6. The number of aromatic nitrogens is 4. The Morgan fingerprint density at radius 1 is 0.262 bits per heavy atom. The molecule has 5 heterocycles. The van der Waals surface area contributed by atoms with Crippen molar-refractivity contribution in [2.24, 2.45) is 0 Å². The maximum absolute atomic E-state index is 12.0. The predicted molar refractivity (Wildman–Crippen MR) is 233 cm³/mol. The smallest absolute Gasteiger partial charge is 0.294 e. The van der Waals surface area contributed by atoms with Gasteiger partial charge in [0.25, 0.3) is 40.5 Å². The second-order valence-corrected chi connectivity index (χ2v) is 20.3. The van der Waals surface area contributed by atoms with Crippen LogP contribution in [0.3, 0.4) is 0 Å². The van der Waals surface area contributed by atoms with Gasteiger partial charge in [-0.2, -0.15) is 33.7 Å². The molecular formula is C44H32CoN4O12S4. The third-order valence-electron chi connectivity index (χ3n) is 10.7. The number of hydrogen-bond acceptors (Lipinski definition) is 8. The first-order valence-electron chi connectivity index (χ1n) is 18.8. The van der Waals surface area contributed by atoms with Crippen LogP contribution >= 0.6 is 0 Å². The van der Waals surface area contributed by atoms with Gasteiger partial charge in [-0.3, -0.25) is 18.2 Å². The van der Waals surface area contributed by atoms with Gasteiger partial charge >= 0.3 is 0 Å². The monoisotopic (exact) mass is 995 g/mol. The molecule has 333 valence electrons. The number of hydrogen-bond donors (Lipinski definition) is 8. The van der Waals surface area contributed by atoms with Gasteiger partial charge < -0.3 is 19.9 Å². The van der Waals surface area contributed by atoms with Crippen LogP contribution in [-0.4, -0.2) is 71.8 Å². The van der Waals surface area contributed by atoms with E-state index in [1.807, 2.05) is 0 Å². The second kappa shape index (κ2) is 16.6. The fourth-order valence-electron chi connectivity index (χ4n) is 7.75. The zero-order chi connectivity index (χ0) is 45.3. The van der Waals surface area contributed by atoms with Gasteiger partial charge in [0.15, 0.2) is 0 Å². The number of fused-ring (bicyclic) bond motifs is 8. The summed E-state index contributed by atoms with van der Waals surface area (Å²) in [6, 6.07) is 36.7. The maximum Gasteiger partial charge on any atom is 0.294 e. The summed E-state index contributed by atoms with van der Waals surface area (Å²) in [5, 5.41) is 2.12. The van der Waals surface area contributed by atoms with E-state index >= 15 is 0 Å². The summed E-state index contributed by atoms with van der Waals surface area (Å²) in [6.07, 6.45) is 0. The van der Waals surface area contributed by atoms with Crippen molar-refractivity contribution in [3.63, 3.8) is 0 Å². The van der Waals surface area contributed by atoms with Crippen molar-refractivity contribution in [1.29, 1.82) is 0 Å². The second-order valence-electron chi connectivity index (χ2n) is 14.6. The molecule has 4 aromatic carbocycles. The Labute approximate surface area is 380 Å². The van der Waals surface area contributed by atoms with E-state index in [9.17, 15) is 51.9 Å². The van der Waals surface area contributed by atoms with Gasteiger partial charge in [-0.1, -0.05) is 48.5 Å². The molecule has 1 aliphatic rings. The van der Waals surface area contributed by atoms with E-state index in [0.29, 0.717) is 88.7 Å². The molecule has 0 amide bonds. The minimum Gasteiger partial charge on any atom is -0.354 e. The van der Waals surface area contributed by atoms with Crippen molar-refractivity contribution in [3.8, 4) is 0 Å². The predicted octanol–water partition coefficient (Wildman–Crippen LogP) is 3.29. The van der Waals surface area contributed by atoms with Crippen LogP contribution in [0.25, 0.3) is 22.3 Å². The molecule has 1 aliphatic heterocycles. The normalized spacial score (nSPS) is 13.5. The molecule has 4 aromatic heterocycles. The van der Waals surface area contributed by atoms with Crippen molar-refractivity contribution in [1.82, 2.24) is 19.9 Å². The number of nitrogens with one attached hydrogen (secondary N) is 4. The van der Waals surface area contributed by atoms with Crippen LogP contribution in [0.15, 0.2) is 165 Å². The van der Waals surface area contributed by atoms with E-state index in [2.05, 4.69) is 19.9 Å². The van der Waals surface area contributed by atoms with Crippen LogP contribution in [0.4, 0.5) is 0 Å². The zero-order valence-electron chi connectivity index (χ0n) is 32.9. The molecule has 0 aliphatic carbocycles. The maximum atomic E-state index is 12.0. The van der Waals surface area contributed by atoms with Gasteiger partial charge in [-0.25, -0.2) is 0 Å². The molecule has 0 saturated carbocycles. The topological polar surface area (TPSA) is 281 Å². The summed E-state index contributed by atoms with van der Waals surface area (Å²) in [5.41, 5.74) is 6.43. The Hall–Kier alpha value is -6.37. The number of rotatable bonds is 8. The molecule has 0 unspecified atom stereocenters. The largest absolute Gasteiger partial charge is 0.354 e. The SMILES string of the molecule is O=S(=O)(O)c1ccc(C2=c3ccc([nH]3)=C(c3ccc(S(=O)(=O)O)cc3)c3ccc([nH]3)C(c3ccc(S(=O)(=O)O)cc3)=c3ccc([nH]3)=C(c3ccc(S(=O)(=O)O)cc3)c3ccc2[nH]3)cc1.[Co]. The van der Waals surface area contributed by atoms with Crippen LogP contribution in [-0.2, 0) is 57.3 Å². The molecule has 0 fully saturated rings. The quantitative estimate of drug-likeness (QED) is 0.102. The number of benzene rings is 4. The molecule has 8 bridgehead atoms. The van der Waals surface area contributed by atoms with E-state index in [0.717, 1.165) is 0 Å². The Morgan fingerprint density at radius 3 is 0.615 bits per heavy atom. The van der Waals surface area contributed by atoms with Crippen LogP contribution in [0.5, 0.6) is 0 Å². The molecule has 8 N–H and O–H groups in total. The third kappa shape index (κ3) is 8.89. The first-order chi connectivity index (χ1) is 30.2. The fraction of sp³-hybridized carbons (Fsp3) is 0.